The van der Waals surface area contributed by atoms with Crippen LogP contribution < -0.4 is 19.9 Å². The molecule has 2 aliphatic rings. The molecule has 0 amide bonds. The highest BCUT2D eigenvalue weighted by molar-refractivity contribution is 5.93. The van der Waals surface area contributed by atoms with Crippen LogP contribution in [0.2, 0.25) is 0 Å². The van der Waals surface area contributed by atoms with E-state index in [1.165, 1.54) is 5.57 Å². The Balaban J connectivity index is 1.64. The smallest absolute Gasteiger partial charge is 0.343 e. The molecule has 5 rings (SSSR count). The van der Waals surface area contributed by atoms with Gasteiger partial charge in [-0.05, 0) is 65.6 Å². The van der Waals surface area contributed by atoms with Crippen molar-refractivity contribution in [3.63, 3.8) is 0 Å². The topological polar surface area (TPSA) is 55.8 Å². The van der Waals surface area contributed by atoms with Crippen LogP contribution in [-0.4, -0.2) is 23.9 Å². The van der Waals surface area contributed by atoms with Crippen LogP contribution in [0.1, 0.15) is 40.5 Å². The van der Waals surface area contributed by atoms with Crippen molar-refractivity contribution in [2.45, 2.75) is 19.8 Å². The van der Waals surface area contributed by atoms with E-state index in [4.69, 9.17) is 9.47 Å². The van der Waals surface area contributed by atoms with E-state index in [1.807, 2.05) is 31.4 Å². The third kappa shape index (κ3) is 4.41. The number of allylic oxidation sites excluding steroid dienone is 4. The molecule has 1 heterocycles. The Morgan fingerprint density at radius 3 is 2.00 bits per heavy atom. The quantitative estimate of drug-likeness (QED) is 0.410. The summed E-state index contributed by atoms with van der Waals surface area (Å²) in [5, 5.41) is 1.86. The minimum absolute atomic E-state index is 0.196. The zero-order valence-corrected chi connectivity index (χ0v) is 19.7. The summed E-state index contributed by atoms with van der Waals surface area (Å²) < 4.78 is 11.6. The summed E-state index contributed by atoms with van der Waals surface area (Å²) in [6.45, 7) is 2.14. The maximum absolute atomic E-state index is 12.9. The second-order valence-corrected chi connectivity index (χ2v) is 8.45. The molecule has 5 nitrogen and oxygen atoms in total. The van der Waals surface area contributed by atoms with Gasteiger partial charge in [-0.1, -0.05) is 55.5 Å². The molecule has 0 unspecified atom stereocenters. The standard InChI is InChI=1S/C30H25NO4/c1-3-20-15-10-16-24-25-18-27(35-30(33)22-13-8-5-9-14-22)26(17-23(25)19-31(2)28(20)24)34-29(32)21-11-6-4-7-12-21/h4-15,17-19H,3,16H2,1-2H3. The van der Waals surface area contributed by atoms with Crippen LogP contribution in [0.25, 0.3) is 11.8 Å². The van der Waals surface area contributed by atoms with Gasteiger partial charge in [-0.2, -0.15) is 0 Å². The van der Waals surface area contributed by atoms with Gasteiger partial charge in [-0.25, -0.2) is 9.59 Å². The first-order valence-corrected chi connectivity index (χ1v) is 11.6. The molecule has 1 aliphatic heterocycles. The predicted octanol–water partition coefficient (Wildman–Crippen LogP) is 4.58. The first-order chi connectivity index (χ1) is 17.0. The van der Waals surface area contributed by atoms with Crippen LogP contribution in [0.4, 0.5) is 0 Å². The summed E-state index contributed by atoms with van der Waals surface area (Å²) in [5.41, 5.74) is 4.40. The highest BCUT2D eigenvalue weighted by Crippen LogP contribution is 2.32. The van der Waals surface area contributed by atoms with Gasteiger partial charge in [0.05, 0.1) is 11.1 Å². The summed E-state index contributed by atoms with van der Waals surface area (Å²) >= 11 is 0. The minimum atomic E-state index is -0.520. The third-order valence-electron chi connectivity index (χ3n) is 6.16. The van der Waals surface area contributed by atoms with E-state index < -0.39 is 11.9 Å². The Morgan fingerprint density at radius 2 is 1.43 bits per heavy atom. The Kier molecular flexibility index (Phi) is 6.06. The zero-order valence-electron chi connectivity index (χ0n) is 19.7. The van der Waals surface area contributed by atoms with Gasteiger partial charge in [-0.15, -0.1) is 0 Å². The van der Waals surface area contributed by atoms with Crippen molar-refractivity contribution in [3.05, 3.63) is 118 Å². The van der Waals surface area contributed by atoms with Crippen LogP contribution in [-0.2, 0) is 0 Å². The lowest BCUT2D eigenvalue weighted by Crippen LogP contribution is -2.37. The second-order valence-electron chi connectivity index (χ2n) is 8.45. The molecule has 0 spiro atoms. The minimum Gasteiger partial charge on any atom is -0.419 e. The van der Waals surface area contributed by atoms with E-state index in [2.05, 4.69) is 24.0 Å². The van der Waals surface area contributed by atoms with Crippen molar-refractivity contribution in [2.75, 3.05) is 7.05 Å². The molecular weight excluding hydrogens is 438 g/mol. The molecule has 5 heteroatoms. The maximum atomic E-state index is 12.9. The van der Waals surface area contributed by atoms with Crippen LogP contribution in [0.3, 0.4) is 0 Å². The lowest BCUT2D eigenvalue weighted by Gasteiger charge is -2.29. The van der Waals surface area contributed by atoms with Crippen LogP contribution in [0.5, 0.6) is 11.5 Å². The number of fused-ring (bicyclic) bond motifs is 2. The molecule has 0 N–H and O–H groups in total. The third-order valence-corrected chi connectivity index (χ3v) is 6.16. The largest absolute Gasteiger partial charge is 0.419 e. The van der Waals surface area contributed by atoms with E-state index >= 15 is 0 Å². The normalized spacial score (nSPS) is 14.1. The van der Waals surface area contributed by atoms with E-state index in [9.17, 15) is 9.59 Å². The van der Waals surface area contributed by atoms with E-state index in [-0.39, 0.29) is 11.5 Å². The maximum Gasteiger partial charge on any atom is 0.343 e. The molecule has 0 saturated carbocycles. The first kappa shape index (κ1) is 22.4. The van der Waals surface area contributed by atoms with Gasteiger partial charge in [0.1, 0.15) is 0 Å². The fourth-order valence-electron chi connectivity index (χ4n) is 4.49. The molecule has 0 aromatic heterocycles. The number of hydrogen-bond acceptors (Lipinski definition) is 5. The first-order valence-electron chi connectivity index (χ1n) is 11.6. The number of nitrogens with zero attached hydrogens (tertiary/aromatic N) is 1. The van der Waals surface area contributed by atoms with E-state index in [0.717, 1.165) is 34.5 Å². The van der Waals surface area contributed by atoms with Gasteiger partial charge < -0.3 is 14.4 Å². The Labute approximate surface area is 203 Å². The molecule has 0 fully saturated rings. The zero-order chi connectivity index (χ0) is 24.4. The van der Waals surface area contributed by atoms with Gasteiger partial charge >= 0.3 is 11.9 Å². The second kappa shape index (κ2) is 9.47. The summed E-state index contributed by atoms with van der Waals surface area (Å²) in [6.07, 6.45) is 8.01. The van der Waals surface area contributed by atoms with Crippen molar-refractivity contribution < 1.29 is 19.1 Å². The summed E-state index contributed by atoms with van der Waals surface area (Å²) in [6, 6.07) is 21.1. The van der Waals surface area contributed by atoms with Crippen LogP contribution in [0, 0.1) is 0 Å². The van der Waals surface area contributed by atoms with Gasteiger partial charge in [0.25, 0.3) is 0 Å². The number of ether oxygens (including phenoxy) is 2. The lowest BCUT2D eigenvalue weighted by molar-refractivity contribution is 0.0682. The average molecular weight is 464 g/mol. The molecule has 1 aliphatic carbocycles. The fraction of sp³-hybridized carbons (Fsp3) is 0.133. The van der Waals surface area contributed by atoms with Gasteiger partial charge in [-0.3, -0.25) is 0 Å². The van der Waals surface area contributed by atoms with E-state index in [1.54, 1.807) is 54.6 Å². The number of carbonyl (C=O) groups excluding carboxylic acids is 2. The number of esters is 2. The Morgan fingerprint density at radius 1 is 0.857 bits per heavy atom. The Hall–Kier alpha value is -4.38. The Bertz CT molecular complexity index is 1480. The monoisotopic (exact) mass is 463 g/mol. The molecule has 0 bridgehead atoms. The van der Waals surface area contributed by atoms with Crippen molar-refractivity contribution in [1.82, 2.24) is 4.90 Å². The molecule has 3 aromatic rings. The van der Waals surface area contributed by atoms with Crippen molar-refractivity contribution >= 4 is 23.7 Å². The molecule has 174 valence electrons. The molecule has 0 saturated heterocycles. The summed E-state index contributed by atoms with van der Waals surface area (Å²) in [4.78, 5) is 27.9. The molecular formula is C30H25NO4. The predicted molar refractivity (Wildman–Crippen MR) is 135 cm³/mol. The molecule has 35 heavy (non-hydrogen) atoms. The number of hydrogen-bond donors (Lipinski definition) is 0. The summed E-state index contributed by atoms with van der Waals surface area (Å²) in [5.74, 6) is -0.632. The van der Waals surface area contributed by atoms with Crippen molar-refractivity contribution in [2.24, 2.45) is 0 Å². The average Bonchev–Trinajstić information content (AvgIpc) is 2.90. The van der Waals surface area contributed by atoms with Gasteiger partial charge in [0.15, 0.2) is 11.5 Å². The highest BCUT2D eigenvalue weighted by Gasteiger charge is 2.23. The fourth-order valence-corrected chi connectivity index (χ4v) is 4.49. The number of benzene rings is 3. The highest BCUT2D eigenvalue weighted by atomic mass is 16.6. The van der Waals surface area contributed by atoms with Crippen LogP contribution in [0.15, 0.2) is 96.2 Å². The molecule has 0 atom stereocenters. The molecule has 0 radical (unpaired) electrons. The van der Waals surface area contributed by atoms with Crippen molar-refractivity contribution in [1.29, 1.82) is 0 Å². The number of carbonyl (C=O) groups is 2. The van der Waals surface area contributed by atoms with Crippen LogP contribution >= 0.6 is 0 Å². The summed E-state index contributed by atoms with van der Waals surface area (Å²) in [7, 11) is 2.02. The number of rotatable bonds is 5. The van der Waals surface area contributed by atoms with Gasteiger partial charge in [0, 0.05) is 24.2 Å². The van der Waals surface area contributed by atoms with Crippen molar-refractivity contribution in [3.8, 4) is 11.5 Å². The lowest BCUT2D eigenvalue weighted by atomic mass is 9.91. The molecule has 3 aromatic carbocycles. The van der Waals surface area contributed by atoms with E-state index in [0.29, 0.717) is 11.1 Å². The van der Waals surface area contributed by atoms with Gasteiger partial charge in [0.2, 0.25) is 0 Å². The SMILES string of the molecule is CCC1=C2C(=c3cc(OC(=O)c4ccccc4)c(OC(=O)c4ccccc4)cc3=CN2C)CC=C1.